The van der Waals surface area contributed by atoms with Crippen LogP contribution in [0, 0.1) is 11.7 Å². The number of nitrogens with one attached hydrogen (secondary N) is 4. The molecule has 1 saturated carbocycles. The molecule has 1 saturated heterocycles. The Kier molecular flexibility index (Phi) is 8.44. The molecule has 3 amide bonds. The monoisotopic (exact) mass is 447 g/mol. The van der Waals surface area contributed by atoms with E-state index in [1.54, 1.807) is 31.0 Å². The number of anilines is 1. The van der Waals surface area contributed by atoms with Crippen molar-refractivity contribution in [2.24, 2.45) is 5.92 Å². The van der Waals surface area contributed by atoms with Crippen LogP contribution in [-0.2, 0) is 14.4 Å². The van der Waals surface area contributed by atoms with E-state index in [-0.39, 0.29) is 23.6 Å². The molecule has 3 rings (SSSR count). The molecule has 0 aromatic heterocycles. The highest BCUT2D eigenvalue weighted by molar-refractivity contribution is 5.93. The minimum absolute atomic E-state index is 0.0685. The largest absolute Gasteiger partial charge is 0.343 e. The van der Waals surface area contributed by atoms with Gasteiger partial charge in [0, 0.05) is 6.54 Å². The van der Waals surface area contributed by atoms with Crippen LogP contribution in [0.3, 0.4) is 0 Å². The van der Waals surface area contributed by atoms with Crippen molar-refractivity contribution in [3.05, 3.63) is 30.1 Å². The van der Waals surface area contributed by atoms with Gasteiger partial charge in [-0.2, -0.15) is 0 Å². The third kappa shape index (κ3) is 5.97. The van der Waals surface area contributed by atoms with Gasteiger partial charge in [0.05, 0.1) is 11.7 Å². The Balaban J connectivity index is 1.69. The van der Waals surface area contributed by atoms with E-state index in [0.29, 0.717) is 25.1 Å². The van der Waals surface area contributed by atoms with Gasteiger partial charge in [-0.25, -0.2) is 4.39 Å². The molecule has 2 aliphatic rings. The molecule has 9 heteroatoms. The third-order valence-electron chi connectivity index (χ3n) is 6.50. The number of likely N-dealkylation sites (N-methyl/N-ethyl adjacent to an activating group) is 1. The molecule has 1 aromatic rings. The number of hydrogen-bond donors (Lipinski definition) is 4. The Labute approximate surface area is 188 Å². The standard InChI is InChI=1S/C23H34FN5O3/c1-15(25-2)21(30)26-20(16-8-4-3-5-9-16)23(32)29-13-7-12-19(29)22(31)28-27-18-11-6-10-17(24)14-18/h6,10-11,14-16,19-20,25,27H,3-5,7-9,12-13H2,1-2H3,(H,26,30)(H,28,31)/t15-,19-,20+/m0/s1. The van der Waals surface area contributed by atoms with Gasteiger partial charge < -0.3 is 15.5 Å². The average molecular weight is 448 g/mol. The van der Waals surface area contributed by atoms with E-state index in [0.717, 1.165) is 32.1 Å². The highest BCUT2D eigenvalue weighted by Gasteiger charge is 2.41. The van der Waals surface area contributed by atoms with E-state index in [2.05, 4.69) is 21.5 Å². The molecule has 3 atom stereocenters. The van der Waals surface area contributed by atoms with Crippen molar-refractivity contribution in [3.63, 3.8) is 0 Å². The molecule has 1 aromatic carbocycles. The summed E-state index contributed by atoms with van der Waals surface area (Å²) >= 11 is 0. The van der Waals surface area contributed by atoms with Crippen LogP contribution in [0.1, 0.15) is 51.9 Å². The highest BCUT2D eigenvalue weighted by atomic mass is 19.1. The van der Waals surface area contributed by atoms with E-state index in [1.807, 2.05) is 0 Å². The summed E-state index contributed by atoms with van der Waals surface area (Å²) < 4.78 is 13.4. The molecule has 1 aliphatic carbocycles. The number of benzene rings is 1. The number of amides is 3. The van der Waals surface area contributed by atoms with Gasteiger partial charge in [0.2, 0.25) is 11.8 Å². The minimum atomic E-state index is -0.636. The Morgan fingerprint density at radius 1 is 1.09 bits per heavy atom. The Bertz CT molecular complexity index is 815. The van der Waals surface area contributed by atoms with Crippen LogP contribution in [0.15, 0.2) is 24.3 Å². The topological polar surface area (TPSA) is 103 Å². The van der Waals surface area contributed by atoms with Crippen LogP contribution < -0.4 is 21.5 Å². The first-order valence-corrected chi connectivity index (χ1v) is 11.5. The second-order valence-electron chi connectivity index (χ2n) is 8.71. The molecule has 1 aliphatic heterocycles. The fourth-order valence-corrected chi connectivity index (χ4v) is 4.52. The molecule has 1 heterocycles. The lowest BCUT2D eigenvalue weighted by Crippen LogP contribution is -2.58. The van der Waals surface area contributed by atoms with Gasteiger partial charge in [-0.3, -0.25) is 25.2 Å². The van der Waals surface area contributed by atoms with Crippen LogP contribution in [0.5, 0.6) is 0 Å². The number of nitrogens with zero attached hydrogens (tertiary/aromatic N) is 1. The first-order chi connectivity index (χ1) is 15.4. The summed E-state index contributed by atoms with van der Waals surface area (Å²) in [5.41, 5.74) is 5.73. The predicted molar refractivity (Wildman–Crippen MR) is 120 cm³/mol. The highest BCUT2D eigenvalue weighted by Crippen LogP contribution is 2.29. The van der Waals surface area contributed by atoms with Gasteiger partial charge in [-0.15, -0.1) is 0 Å². The third-order valence-corrected chi connectivity index (χ3v) is 6.50. The van der Waals surface area contributed by atoms with Crippen LogP contribution >= 0.6 is 0 Å². The summed E-state index contributed by atoms with van der Waals surface area (Å²) in [6.07, 6.45) is 6.23. The fraction of sp³-hybridized carbons (Fsp3) is 0.609. The lowest BCUT2D eigenvalue weighted by Gasteiger charge is -2.35. The molecule has 2 fully saturated rings. The van der Waals surface area contributed by atoms with Crippen LogP contribution in [0.4, 0.5) is 10.1 Å². The normalized spacial score (nSPS) is 21.0. The predicted octanol–water partition coefficient (Wildman–Crippen LogP) is 1.93. The van der Waals surface area contributed by atoms with Gasteiger partial charge in [0.25, 0.3) is 5.91 Å². The number of carbonyl (C=O) groups is 3. The lowest BCUT2D eigenvalue weighted by molar-refractivity contribution is -0.143. The summed E-state index contributed by atoms with van der Waals surface area (Å²) in [5.74, 6) is -1.11. The molecule has 4 N–H and O–H groups in total. The first kappa shape index (κ1) is 24.0. The zero-order chi connectivity index (χ0) is 23.1. The van der Waals surface area contributed by atoms with Crippen molar-refractivity contribution < 1.29 is 18.8 Å². The van der Waals surface area contributed by atoms with Gasteiger partial charge >= 0.3 is 0 Å². The smallest absolute Gasteiger partial charge is 0.261 e. The molecular weight excluding hydrogens is 413 g/mol. The zero-order valence-electron chi connectivity index (χ0n) is 18.8. The Morgan fingerprint density at radius 2 is 1.84 bits per heavy atom. The van der Waals surface area contributed by atoms with Crippen molar-refractivity contribution in [2.75, 3.05) is 19.0 Å². The van der Waals surface area contributed by atoms with Crippen molar-refractivity contribution in [1.82, 2.24) is 21.0 Å². The van der Waals surface area contributed by atoms with Crippen LogP contribution in [0.25, 0.3) is 0 Å². The van der Waals surface area contributed by atoms with Crippen LogP contribution in [-0.4, -0.2) is 54.3 Å². The van der Waals surface area contributed by atoms with E-state index >= 15 is 0 Å². The molecule has 0 unspecified atom stereocenters. The summed E-state index contributed by atoms with van der Waals surface area (Å²) in [4.78, 5) is 40.6. The molecule has 176 valence electrons. The van der Waals surface area contributed by atoms with Crippen molar-refractivity contribution >= 4 is 23.4 Å². The molecule has 8 nitrogen and oxygen atoms in total. The molecule has 0 spiro atoms. The van der Waals surface area contributed by atoms with Gasteiger partial charge in [-0.1, -0.05) is 25.3 Å². The molecule has 0 bridgehead atoms. The summed E-state index contributed by atoms with van der Waals surface area (Å²) in [7, 11) is 1.70. The van der Waals surface area contributed by atoms with E-state index in [9.17, 15) is 18.8 Å². The summed E-state index contributed by atoms with van der Waals surface area (Å²) in [6.45, 7) is 2.22. The molecule has 0 radical (unpaired) electrons. The van der Waals surface area contributed by atoms with E-state index in [1.165, 1.54) is 12.1 Å². The average Bonchev–Trinajstić information content (AvgIpc) is 3.30. The fourth-order valence-electron chi connectivity index (χ4n) is 4.52. The number of hydrazine groups is 1. The number of halogens is 1. The maximum absolute atomic E-state index is 13.6. The van der Waals surface area contributed by atoms with E-state index < -0.39 is 23.9 Å². The quantitative estimate of drug-likeness (QED) is 0.456. The molecular formula is C23H34FN5O3. The lowest BCUT2D eigenvalue weighted by atomic mass is 9.83. The Morgan fingerprint density at radius 3 is 2.53 bits per heavy atom. The zero-order valence-corrected chi connectivity index (χ0v) is 18.8. The Hall–Kier alpha value is -2.68. The maximum Gasteiger partial charge on any atom is 0.261 e. The molecule has 32 heavy (non-hydrogen) atoms. The number of carbonyl (C=O) groups excluding carboxylic acids is 3. The number of hydrogen-bond acceptors (Lipinski definition) is 5. The van der Waals surface area contributed by atoms with E-state index in [4.69, 9.17) is 0 Å². The summed E-state index contributed by atoms with van der Waals surface area (Å²) in [5, 5.41) is 5.86. The van der Waals surface area contributed by atoms with Crippen molar-refractivity contribution in [1.29, 1.82) is 0 Å². The number of rotatable bonds is 8. The second-order valence-corrected chi connectivity index (χ2v) is 8.71. The van der Waals surface area contributed by atoms with Crippen LogP contribution in [0.2, 0.25) is 0 Å². The van der Waals surface area contributed by atoms with Gasteiger partial charge in [0.15, 0.2) is 0 Å². The van der Waals surface area contributed by atoms with Gasteiger partial charge in [0.1, 0.15) is 17.9 Å². The second kappa shape index (κ2) is 11.3. The minimum Gasteiger partial charge on any atom is -0.343 e. The SMILES string of the molecule is CN[C@@H](C)C(=O)N[C@@H](C(=O)N1CCC[C@H]1C(=O)NNc1cccc(F)c1)C1CCCCC1. The van der Waals surface area contributed by atoms with Crippen molar-refractivity contribution in [3.8, 4) is 0 Å². The summed E-state index contributed by atoms with van der Waals surface area (Å²) in [6, 6.07) is 4.09. The van der Waals surface area contributed by atoms with Crippen molar-refractivity contribution in [2.45, 2.75) is 70.0 Å². The number of likely N-dealkylation sites (tertiary alicyclic amines) is 1. The first-order valence-electron chi connectivity index (χ1n) is 11.5. The van der Waals surface area contributed by atoms with Gasteiger partial charge in [-0.05, 0) is 63.8 Å². The maximum atomic E-state index is 13.6.